The molecule has 1 aromatic rings. The number of aliphatic hydroxyl groups excluding tert-OH is 3. The summed E-state index contributed by atoms with van der Waals surface area (Å²) < 4.78 is 0. The number of carbonyl (C=O) groups excluding carboxylic acids is 1. The first-order valence-electron chi connectivity index (χ1n) is 11.0. The Balaban J connectivity index is 1.77. The fraction of sp³-hybridized carbons (Fsp3) is 0.640. The summed E-state index contributed by atoms with van der Waals surface area (Å²) in [6, 6.07) is 7.88. The van der Waals surface area contributed by atoms with Crippen molar-refractivity contribution >= 4 is 5.78 Å². The van der Waals surface area contributed by atoms with Gasteiger partial charge in [-0.2, -0.15) is 0 Å². The van der Waals surface area contributed by atoms with E-state index in [0.717, 1.165) is 37.7 Å². The van der Waals surface area contributed by atoms with E-state index in [0.29, 0.717) is 25.7 Å². The molecule has 1 aliphatic carbocycles. The van der Waals surface area contributed by atoms with Crippen LogP contribution in [0.25, 0.3) is 0 Å². The molecular formula is C25H36O4. The number of hydrogen-bond acceptors (Lipinski definition) is 4. The van der Waals surface area contributed by atoms with Crippen LogP contribution < -0.4 is 0 Å². The van der Waals surface area contributed by atoms with Crippen molar-refractivity contribution in [2.45, 2.75) is 89.9 Å². The Hall–Kier alpha value is -1.67. The van der Waals surface area contributed by atoms with Crippen LogP contribution in [0.2, 0.25) is 0 Å². The van der Waals surface area contributed by atoms with E-state index in [4.69, 9.17) is 0 Å². The van der Waals surface area contributed by atoms with Crippen molar-refractivity contribution in [3.8, 4) is 11.8 Å². The average molecular weight is 401 g/mol. The summed E-state index contributed by atoms with van der Waals surface area (Å²) in [5.41, 5.74) is 2.06. The molecule has 5 atom stereocenters. The zero-order chi connectivity index (χ0) is 21.2. The molecule has 2 rings (SSSR count). The molecule has 1 aromatic carbocycles. The molecular weight excluding hydrogens is 364 g/mol. The number of Topliss-reactive ketones (excluding diaryl/α,β-unsaturated/α-hetero) is 1. The van der Waals surface area contributed by atoms with Crippen molar-refractivity contribution in [3.63, 3.8) is 0 Å². The first kappa shape index (κ1) is 23.6. The SMILES string of the molecule is CC(=O)CCCCCC[C@@H]1[C@@H](CCC(O)C#Cc2ccc(C)cc2)[C@H](O)C[C@@H]1O. The van der Waals surface area contributed by atoms with Crippen LogP contribution in [0.5, 0.6) is 0 Å². The van der Waals surface area contributed by atoms with Gasteiger partial charge in [0.15, 0.2) is 0 Å². The van der Waals surface area contributed by atoms with Gasteiger partial charge in [0.25, 0.3) is 0 Å². The minimum Gasteiger partial charge on any atom is -0.393 e. The molecule has 3 N–H and O–H groups in total. The Morgan fingerprint density at radius 1 is 1.03 bits per heavy atom. The fourth-order valence-corrected chi connectivity index (χ4v) is 4.31. The van der Waals surface area contributed by atoms with Crippen molar-refractivity contribution in [1.29, 1.82) is 0 Å². The smallest absolute Gasteiger partial charge is 0.129 e. The summed E-state index contributed by atoms with van der Waals surface area (Å²) in [5.74, 6) is 6.23. The predicted molar refractivity (Wildman–Crippen MR) is 115 cm³/mol. The maximum Gasteiger partial charge on any atom is 0.129 e. The second-order valence-electron chi connectivity index (χ2n) is 8.58. The highest BCUT2D eigenvalue weighted by Gasteiger charge is 2.40. The minimum absolute atomic E-state index is 0.0121. The van der Waals surface area contributed by atoms with Gasteiger partial charge >= 0.3 is 0 Å². The molecule has 0 saturated heterocycles. The molecule has 0 heterocycles. The third-order valence-corrected chi connectivity index (χ3v) is 6.05. The van der Waals surface area contributed by atoms with E-state index in [1.807, 2.05) is 31.2 Å². The maximum atomic E-state index is 11.0. The zero-order valence-corrected chi connectivity index (χ0v) is 17.8. The summed E-state index contributed by atoms with van der Waals surface area (Å²) in [5, 5.41) is 30.9. The van der Waals surface area contributed by atoms with E-state index in [-0.39, 0.29) is 17.6 Å². The van der Waals surface area contributed by atoms with Crippen LogP contribution in [0.1, 0.15) is 75.8 Å². The topological polar surface area (TPSA) is 77.8 Å². The summed E-state index contributed by atoms with van der Waals surface area (Å²) in [7, 11) is 0. The molecule has 1 fully saturated rings. The second-order valence-corrected chi connectivity index (χ2v) is 8.58. The van der Waals surface area contributed by atoms with Crippen LogP contribution in [0.15, 0.2) is 24.3 Å². The molecule has 0 aromatic heterocycles. The van der Waals surface area contributed by atoms with Gasteiger partial charge in [0.2, 0.25) is 0 Å². The molecule has 1 unspecified atom stereocenters. The quantitative estimate of drug-likeness (QED) is 0.413. The van der Waals surface area contributed by atoms with Crippen molar-refractivity contribution in [2.24, 2.45) is 11.8 Å². The highest BCUT2D eigenvalue weighted by atomic mass is 16.3. The minimum atomic E-state index is -0.728. The van der Waals surface area contributed by atoms with E-state index in [2.05, 4.69) is 11.8 Å². The molecule has 0 amide bonds. The molecule has 0 aliphatic heterocycles. The molecule has 0 radical (unpaired) electrons. The summed E-state index contributed by atoms with van der Waals surface area (Å²) in [6.07, 6.45) is 5.42. The Labute approximate surface area is 175 Å². The van der Waals surface area contributed by atoms with E-state index in [1.54, 1.807) is 6.92 Å². The molecule has 4 heteroatoms. The summed E-state index contributed by atoms with van der Waals surface area (Å²) in [4.78, 5) is 11.0. The van der Waals surface area contributed by atoms with Crippen LogP contribution in [-0.2, 0) is 4.79 Å². The number of aryl methyl sites for hydroxylation is 1. The second kappa shape index (κ2) is 12.1. The van der Waals surface area contributed by atoms with Gasteiger partial charge in [0, 0.05) is 12.0 Å². The first-order chi connectivity index (χ1) is 13.9. The number of unbranched alkanes of at least 4 members (excludes halogenated alkanes) is 3. The van der Waals surface area contributed by atoms with Gasteiger partial charge in [0.05, 0.1) is 12.2 Å². The number of ketones is 1. The normalized spacial score (nSPS) is 24.7. The lowest BCUT2D eigenvalue weighted by Crippen LogP contribution is -2.23. The van der Waals surface area contributed by atoms with Crippen LogP contribution in [0.3, 0.4) is 0 Å². The molecule has 1 aliphatic rings. The number of rotatable bonds is 10. The number of benzene rings is 1. The van der Waals surface area contributed by atoms with Crippen molar-refractivity contribution in [1.82, 2.24) is 0 Å². The largest absolute Gasteiger partial charge is 0.393 e. The Morgan fingerprint density at radius 3 is 2.31 bits per heavy atom. The van der Waals surface area contributed by atoms with E-state index in [1.165, 1.54) is 5.56 Å². The fourth-order valence-electron chi connectivity index (χ4n) is 4.31. The molecule has 0 bridgehead atoms. The Morgan fingerprint density at radius 2 is 1.66 bits per heavy atom. The van der Waals surface area contributed by atoms with Crippen LogP contribution >= 0.6 is 0 Å². The molecule has 4 nitrogen and oxygen atoms in total. The van der Waals surface area contributed by atoms with Gasteiger partial charge in [-0.25, -0.2) is 0 Å². The van der Waals surface area contributed by atoms with Gasteiger partial charge in [0.1, 0.15) is 11.9 Å². The highest BCUT2D eigenvalue weighted by Crippen LogP contribution is 2.39. The highest BCUT2D eigenvalue weighted by molar-refractivity contribution is 5.75. The molecule has 1 saturated carbocycles. The maximum absolute atomic E-state index is 11.0. The van der Waals surface area contributed by atoms with Crippen molar-refractivity contribution < 1.29 is 20.1 Å². The number of carbonyl (C=O) groups is 1. The average Bonchev–Trinajstić information content (AvgIpc) is 2.94. The number of hydrogen-bond donors (Lipinski definition) is 3. The van der Waals surface area contributed by atoms with Crippen LogP contribution in [-0.4, -0.2) is 39.4 Å². The predicted octanol–water partition coefficient (Wildman–Crippen LogP) is 3.78. The van der Waals surface area contributed by atoms with E-state index < -0.39 is 18.3 Å². The van der Waals surface area contributed by atoms with Crippen LogP contribution in [0.4, 0.5) is 0 Å². The standard InChI is InChI=1S/C25H36O4/c1-18-9-11-20(12-10-18)13-14-21(27)15-16-23-22(24(28)17-25(23)29)8-6-4-3-5-7-19(2)26/h9-12,21-25,27-29H,3-8,15-17H2,1-2H3/t21?,22-,23-,24+,25-/m1/s1. The van der Waals surface area contributed by atoms with Crippen LogP contribution in [0, 0.1) is 30.6 Å². The van der Waals surface area contributed by atoms with Gasteiger partial charge in [-0.05, 0) is 69.9 Å². The lowest BCUT2D eigenvalue weighted by Gasteiger charge is -2.24. The van der Waals surface area contributed by atoms with E-state index >= 15 is 0 Å². The third kappa shape index (κ3) is 8.30. The van der Waals surface area contributed by atoms with Gasteiger partial charge in [-0.3, -0.25) is 0 Å². The summed E-state index contributed by atoms with van der Waals surface area (Å²) in [6.45, 7) is 3.65. The Bertz CT molecular complexity index is 685. The van der Waals surface area contributed by atoms with Crippen molar-refractivity contribution in [2.75, 3.05) is 0 Å². The Kier molecular flexibility index (Phi) is 9.87. The third-order valence-electron chi connectivity index (χ3n) is 6.05. The molecule has 160 valence electrons. The van der Waals surface area contributed by atoms with Gasteiger partial charge < -0.3 is 20.1 Å². The first-order valence-corrected chi connectivity index (χ1v) is 11.0. The summed E-state index contributed by atoms with van der Waals surface area (Å²) >= 11 is 0. The van der Waals surface area contributed by atoms with E-state index in [9.17, 15) is 20.1 Å². The van der Waals surface area contributed by atoms with Gasteiger partial charge in [-0.1, -0.05) is 48.8 Å². The zero-order valence-electron chi connectivity index (χ0n) is 17.8. The lowest BCUT2D eigenvalue weighted by atomic mass is 9.85. The van der Waals surface area contributed by atoms with Crippen molar-refractivity contribution in [3.05, 3.63) is 35.4 Å². The van der Waals surface area contributed by atoms with Gasteiger partial charge in [-0.15, -0.1) is 0 Å². The molecule has 29 heavy (non-hydrogen) atoms. The molecule has 0 spiro atoms. The number of aliphatic hydroxyl groups is 3. The lowest BCUT2D eigenvalue weighted by molar-refractivity contribution is -0.117. The monoisotopic (exact) mass is 400 g/mol.